The number of rotatable bonds is 3. The predicted octanol–water partition coefficient (Wildman–Crippen LogP) is 3.43. The fourth-order valence-electron chi connectivity index (χ4n) is 2.47. The molecule has 1 heterocycles. The van der Waals surface area contributed by atoms with E-state index in [1.165, 1.54) is 12.1 Å². The summed E-state index contributed by atoms with van der Waals surface area (Å²) in [6.45, 7) is 0.778. The maximum absolute atomic E-state index is 13.7. The molecule has 0 saturated carbocycles. The monoisotopic (exact) mass is 272 g/mol. The van der Waals surface area contributed by atoms with Crippen molar-refractivity contribution in [1.82, 2.24) is 4.57 Å². The summed E-state index contributed by atoms with van der Waals surface area (Å²) in [6, 6.07) is 11.5. The summed E-state index contributed by atoms with van der Waals surface area (Å²) in [6.07, 6.45) is 1.90. The van der Waals surface area contributed by atoms with Crippen molar-refractivity contribution in [1.29, 1.82) is 0 Å². The second-order valence-corrected chi connectivity index (χ2v) is 4.74. The van der Waals surface area contributed by atoms with Gasteiger partial charge < -0.3 is 10.3 Å². The summed E-state index contributed by atoms with van der Waals surface area (Å²) in [5.74, 6) is -1.09. The molecule has 0 aliphatic rings. The van der Waals surface area contributed by atoms with E-state index in [-0.39, 0.29) is 0 Å². The van der Waals surface area contributed by atoms with E-state index in [1.807, 2.05) is 35.0 Å². The Bertz CT molecular complexity index is 762. The zero-order chi connectivity index (χ0) is 14.1. The smallest absolute Gasteiger partial charge is 0.131 e. The fraction of sp³-hybridized carbons (Fsp3) is 0.125. The molecule has 102 valence electrons. The Morgan fingerprint density at radius 2 is 1.85 bits per heavy atom. The molecule has 0 fully saturated rings. The van der Waals surface area contributed by atoms with Crippen LogP contribution in [0.5, 0.6) is 0 Å². The highest BCUT2D eigenvalue weighted by Crippen LogP contribution is 2.22. The van der Waals surface area contributed by atoms with Crippen LogP contribution in [0.4, 0.5) is 8.78 Å². The highest BCUT2D eigenvalue weighted by atomic mass is 19.1. The third-order valence-corrected chi connectivity index (χ3v) is 3.45. The SMILES string of the molecule is NCc1cccc2ccn(Cc3ccc(F)cc3F)c12. The molecule has 0 radical (unpaired) electrons. The number of benzene rings is 2. The fourth-order valence-corrected chi connectivity index (χ4v) is 2.47. The van der Waals surface area contributed by atoms with Gasteiger partial charge in [-0.05, 0) is 23.1 Å². The normalized spacial score (nSPS) is 11.2. The van der Waals surface area contributed by atoms with Gasteiger partial charge in [-0.15, -0.1) is 0 Å². The number of hydrogen-bond acceptors (Lipinski definition) is 1. The van der Waals surface area contributed by atoms with E-state index in [2.05, 4.69) is 0 Å². The summed E-state index contributed by atoms with van der Waals surface area (Å²) in [7, 11) is 0. The Balaban J connectivity index is 2.06. The van der Waals surface area contributed by atoms with E-state index in [9.17, 15) is 8.78 Å². The van der Waals surface area contributed by atoms with Crippen LogP contribution in [0.1, 0.15) is 11.1 Å². The lowest BCUT2D eigenvalue weighted by atomic mass is 10.1. The minimum atomic E-state index is -0.564. The lowest BCUT2D eigenvalue weighted by molar-refractivity contribution is 0.567. The van der Waals surface area contributed by atoms with E-state index in [0.717, 1.165) is 22.5 Å². The van der Waals surface area contributed by atoms with Gasteiger partial charge >= 0.3 is 0 Å². The third-order valence-electron chi connectivity index (χ3n) is 3.45. The number of para-hydroxylation sites is 1. The largest absolute Gasteiger partial charge is 0.343 e. The molecule has 3 aromatic rings. The van der Waals surface area contributed by atoms with Crippen molar-refractivity contribution in [2.24, 2.45) is 5.73 Å². The molecule has 4 heteroatoms. The molecule has 0 spiro atoms. The molecule has 0 bridgehead atoms. The zero-order valence-corrected chi connectivity index (χ0v) is 10.8. The summed E-state index contributed by atoms with van der Waals surface area (Å²) >= 11 is 0. The summed E-state index contributed by atoms with van der Waals surface area (Å²) in [4.78, 5) is 0. The van der Waals surface area contributed by atoms with Crippen LogP contribution in [0.15, 0.2) is 48.7 Å². The van der Waals surface area contributed by atoms with Crippen molar-refractivity contribution in [3.63, 3.8) is 0 Å². The second kappa shape index (κ2) is 5.06. The molecule has 0 amide bonds. The maximum atomic E-state index is 13.7. The maximum Gasteiger partial charge on any atom is 0.131 e. The van der Waals surface area contributed by atoms with Crippen molar-refractivity contribution in [2.75, 3.05) is 0 Å². The molecular formula is C16H14F2N2. The Labute approximate surface area is 115 Å². The third kappa shape index (κ3) is 2.18. The minimum absolute atomic E-state index is 0.354. The molecule has 0 unspecified atom stereocenters. The van der Waals surface area contributed by atoms with Crippen molar-refractivity contribution in [3.8, 4) is 0 Å². The first-order chi connectivity index (χ1) is 9.69. The van der Waals surface area contributed by atoms with Crippen LogP contribution in [0.25, 0.3) is 10.9 Å². The minimum Gasteiger partial charge on any atom is -0.343 e. The van der Waals surface area contributed by atoms with Crippen LogP contribution in [-0.4, -0.2) is 4.57 Å². The van der Waals surface area contributed by atoms with E-state index >= 15 is 0 Å². The van der Waals surface area contributed by atoms with Crippen LogP contribution in [0.2, 0.25) is 0 Å². The van der Waals surface area contributed by atoms with Gasteiger partial charge in [0.2, 0.25) is 0 Å². The lowest BCUT2D eigenvalue weighted by Crippen LogP contribution is -2.05. The Hall–Kier alpha value is -2.20. The second-order valence-electron chi connectivity index (χ2n) is 4.74. The van der Waals surface area contributed by atoms with Gasteiger partial charge in [0.05, 0.1) is 12.1 Å². The topological polar surface area (TPSA) is 30.9 Å². The first-order valence-electron chi connectivity index (χ1n) is 6.40. The molecule has 2 nitrogen and oxygen atoms in total. The molecule has 0 saturated heterocycles. The van der Waals surface area contributed by atoms with Crippen LogP contribution < -0.4 is 5.73 Å². The van der Waals surface area contributed by atoms with Gasteiger partial charge in [0.1, 0.15) is 11.6 Å². The van der Waals surface area contributed by atoms with Gasteiger partial charge in [-0.2, -0.15) is 0 Å². The van der Waals surface area contributed by atoms with E-state index < -0.39 is 11.6 Å². The quantitative estimate of drug-likeness (QED) is 0.778. The molecule has 2 N–H and O–H groups in total. The number of fused-ring (bicyclic) bond motifs is 1. The van der Waals surface area contributed by atoms with Crippen molar-refractivity contribution < 1.29 is 8.78 Å². The molecular weight excluding hydrogens is 258 g/mol. The number of nitrogens with zero attached hydrogens (tertiary/aromatic N) is 1. The Kier molecular flexibility index (Phi) is 3.24. The van der Waals surface area contributed by atoms with Gasteiger partial charge in [-0.3, -0.25) is 0 Å². The number of hydrogen-bond donors (Lipinski definition) is 1. The molecule has 3 rings (SSSR count). The van der Waals surface area contributed by atoms with Gasteiger partial charge in [-0.1, -0.05) is 24.3 Å². The van der Waals surface area contributed by atoms with Crippen molar-refractivity contribution >= 4 is 10.9 Å². The summed E-state index contributed by atoms with van der Waals surface area (Å²) < 4.78 is 28.6. The number of halogens is 2. The zero-order valence-electron chi connectivity index (χ0n) is 10.8. The Morgan fingerprint density at radius 3 is 2.60 bits per heavy atom. The van der Waals surface area contributed by atoms with Crippen LogP contribution in [0.3, 0.4) is 0 Å². The summed E-state index contributed by atoms with van der Waals surface area (Å²) in [5.41, 5.74) is 8.21. The molecule has 0 aliphatic carbocycles. The van der Waals surface area contributed by atoms with Gasteiger partial charge in [0.25, 0.3) is 0 Å². The van der Waals surface area contributed by atoms with Gasteiger partial charge in [0.15, 0.2) is 0 Å². The molecule has 0 atom stereocenters. The molecule has 20 heavy (non-hydrogen) atoms. The van der Waals surface area contributed by atoms with Crippen LogP contribution >= 0.6 is 0 Å². The number of nitrogens with two attached hydrogens (primary N) is 1. The van der Waals surface area contributed by atoms with Crippen LogP contribution in [0, 0.1) is 11.6 Å². The van der Waals surface area contributed by atoms with Gasteiger partial charge in [-0.25, -0.2) is 8.78 Å². The van der Waals surface area contributed by atoms with Crippen molar-refractivity contribution in [2.45, 2.75) is 13.1 Å². The lowest BCUT2D eigenvalue weighted by Gasteiger charge is -2.10. The highest BCUT2D eigenvalue weighted by Gasteiger charge is 2.09. The van der Waals surface area contributed by atoms with Crippen LogP contribution in [-0.2, 0) is 13.1 Å². The molecule has 2 aromatic carbocycles. The van der Waals surface area contributed by atoms with Crippen molar-refractivity contribution in [3.05, 3.63) is 71.4 Å². The van der Waals surface area contributed by atoms with E-state index in [1.54, 1.807) is 0 Å². The number of aromatic nitrogens is 1. The average Bonchev–Trinajstić information content (AvgIpc) is 2.85. The first kappa shape index (κ1) is 12.8. The Morgan fingerprint density at radius 1 is 1.00 bits per heavy atom. The predicted molar refractivity (Wildman–Crippen MR) is 75.3 cm³/mol. The van der Waals surface area contributed by atoms with E-state index in [0.29, 0.717) is 18.7 Å². The molecule has 0 aliphatic heterocycles. The summed E-state index contributed by atoms with van der Waals surface area (Å²) in [5, 5.41) is 1.07. The highest BCUT2D eigenvalue weighted by molar-refractivity contribution is 5.83. The van der Waals surface area contributed by atoms with E-state index in [4.69, 9.17) is 5.73 Å². The average molecular weight is 272 g/mol. The van der Waals surface area contributed by atoms with Gasteiger partial charge in [0, 0.05) is 24.4 Å². The molecule has 1 aromatic heterocycles. The standard InChI is InChI=1S/C16H14F2N2/c17-14-5-4-13(15(18)8-14)10-20-7-6-11-2-1-3-12(9-19)16(11)20/h1-8H,9-10,19H2. The first-order valence-corrected chi connectivity index (χ1v) is 6.40.